The molecule has 0 aliphatic heterocycles. The van der Waals surface area contributed by atoms with Crippen LogP contribution in [0.15, 0.2) is 0 Å². The summed E-state index contributed by atoms with van der Waals surface area (Å²) in [6.07, 6.45) is 8.01. The molecule has 0 aromatic carbocycles. The van der Waals surface area contributed by atoms with Crippen molar-refractivity contribution in [2.24, 2.45) is 5.92 Å². The fourth-order valence-corrected chi connectivity index (χ4v) is 2.59. The zero-order chi connectivity index (χ0) is 13.4. The molecule has 0 heterocycles. The number of hydrogen-bond acceptors (Lipinski definition) is 2. The lowest BCUT2D eigenvalue weighted by molar-refractivity contribution is 0.217. The minimum absolute atomic E-state index is 0.0105. The zero-order valence-corrected chi connectivity index (χ0v) is 12.2. The van der Waals surface area contributed by atoms with Gasteiger partial charge in [-0.15, -0.1) is 0 Å². The van der Waals surface area contributed by atoms with E-state index in [0.29, 0.717) is 12.6 Å². The van der Waals surface area contributed by atoms with Crippen molar-refractivity contribution in [2.45, 2.75) is 51.5 Å². The number of amides is 2. The molecule has 2 amide bonds. The Morgan fingerprint density at radius 1 is 1.17 bits per heavy atom. The van der Waals surface area contributed by atoms with Gasteiger partial charge in [0.25, 0.3) is 0 Å². The minimum atomic E-state index is -0.0105. The molecular weight excluding hydrogens is 226 g/mol. The van der Waals surface area contributed by atoms with Crippen LogP contribution in [0.4, 0.5) is 4.79 Å². The molecule has 2 N–H and O–H groups in total. The summed E-state index contributed by atoms with van der Waals surface area (Å²) in [5, 5.41) is 6.45. The maximum absolute atomic E-state index is 11.3. The van der Waals surface area contributed by atoms with Gasteiger partial charge in [-0.3, -0.25) is 0 Å². The molecule has 2 atom stereocenters. The first kappa shape index (κ1) is 15.3. The molecule has 2 unspecified atom stereocenters. The predicted molar refractivity (Wildman–Crippen MR) is 75.7 cm³/mol. The summed E-state index contributed by atoms with van der Waals surface area (Å²) in [5.74, 6) is 0.935. The van der Waals surface area contributed by atoms with Crippen LogP contribution in [-0.2, 0) is 0 Å². The third kappa shape index (κ3) is 5.71. The molecule has 0 spiro atoms. The van der Waals surface area contributed by atoms with E-state index in [1.165, 1.54) is 38.5 Å². The lowest BCUT2D eigenvalue weighted by Crippen LogP contribution is -2.40. The van der Waals surface area contributed by atoms with E-state index in [1.807, 2.05) is 0 Å². The Balaban J connectivity index is 2.10. The van der Waals surface area contributed by atoms with Crippen molar-refractivity contribution in [1.82, 2.24) is 15.5 Å². The van der Waals surface area contributed by atoms with Gasteiger partial charge in [0.2, 0.25) is 0 Å². The lowest BCUT2D eigenvalue weighted by Gasteiger charge is -2.17. The topological polar surface area (TPSA) is 44.4 Å². The monoisotopic (exact) mass is 255 g/mol. The number of urea groups is 1. The van der Waals surface area contributed by atoms with Crippen molar-refractivity contribution in [1.29, 1.82) is 0 Å². The first-order valence-electron chi connectivity index (χ1n) is 7.32. The highest BCUT2D eigenvalue weighted by atomic mass is 16.2. The van der Waals surface area contributed by atoms with Gasteiger partial charge in [-0.2, -0.15) is 0 Å². The van der Waals surface area contributed by atoms with Crippen LogP contribution in [0.1, 0.15) is 45.4 Å². The molecular formula is C14H29N3O. The Hall–Kier alpha value is -0.770. The van der Waals surface area contributed by atoms with Crippen molar-refractivity contribution in [3.63, 3.8) is 0 Å². The smallest absolute Gasteiger partial charge is 0.316 e. The molecule has 1 saturated carbocycles. The molecule has 4 heteroatoms. The van der Waals surface area contributed by atoms with Gasteiger partial charge >= 0.3 is 6.03 Å². The van der Waals surface area contributed by atoms with Gasteiger partial charge in [0.1, 0.15) is 0 Å². The van der Waals surface area contributed by atoms with E-state index in [0.717, 1.165) is 12.5 Å². The van der Waals surface area contributed by atoms with Crippen molar-refractivity contribution < 1.29 is 4.79 Å². The first-order chi connectivity index (χ1) is 8.63. The maximum Gasteiger partial charge on any atom is 0.316 e. The van der Waals surface area contributed by atoms with Crippen molar-refractivity contribution in [3.8, 4) is 0 Å². The average molecular weight is 255 g/mol. The largest absolute Gasteiger partial charge is 0.337 e. The van der Waals surface area contributed by atoms with E-state index in [4.69, 9.17) is 0 Å². The highest BCUT2D eigenvalue weighted by Crippen LogP contribution is 2.25. The van der Waals surface area contributed by atoms with E-state index in [9.17, 15) is 4.79 Å². The quantitative estimate of drug-likeness (QED) is 0.584. The predicted octanol–water partition coefficient (Wildman–Crippen LogP) is 2.21. The average Bonchev–Trinajstić information content (AvgIpc) is 2.59. The molecule has 4 nitrogen and oxygen atoms in total. The lowest BCUT2D eigenvalue weighted by atomic mass is 9.98. The third-order valence-corrected chi connectivity index (χ3v) is 3.91. The Labute approximate surface area is 111 Å². The summed E-state index contributed by atoms with van der Waals surface area (Å²) in [6.45, 7) is 3.89. The minimum Gasteiger partial charge on any atom is -0.337 e. The van der Waals surface area contributed by atoms with Crippen LogP contribution in [0.2, 0.25) is 0 Å². The Morgan fingerprint density at radius 2 is 1.94 bits per heavy atom. The van der Waals surface area contributed by atoms with Crippen molar-refractivity contribution >= 4 is 6.03 Å². The standard InChI is InChI=1S/C14H29N3O/c1-4-12-6-5-7-13(9-8-12)15-10-11-16-14(18)17(2)3/h12-13,15H,4-11H2,1-3H3,(H,16,18). The third-order valence-electron chi connectivity index (χ3n) is 3.91. The molecule has 1 aliphatic rings. The molecule has 106 valence electrons. The fourth-order valence-electron chi connectivity index (χ4n) is 2.59. The van der Waals surface area contributed by atoms with Gasteiger partial charge in [-0.25, -0.2) is 4.79 Å². The van der Waals surface area contributed by atoms with Crippen molar-refractivity contribution in [2.75, 3.05) is 27.2 Å². The Kier molecular flexibility index (Phi) is 7.09. The molecule has 1 rings (SSSR count). The van der Waals surface area contributed by atoms with Gasteiger partial charge in [0.05, 0.1) is 0 Å². The van der Waals surface area contributed by atoms with Crippen LogP contribution in [0.3, 0.4) is 0 Å². The van der Waals surface area contributed by atoms with E-state index >= 15 is 0 Å². The van der Waals surface area contributed by atoms with Crippen LogP contribution >= 0.6 is 0 Å². The summed E-state index contributed by atoms with van der Waals surface area (Å²) in [4.78, 5) is 12.9. The van der Waals surface area contributed by atoms with Crippen LogP contribution in [0, 0.1) is 5.92 Å². The number of hydrogen-bond donors (Lipinski definition) is 2. The van der Waals surface area contributed by atoms with Gasteiger partial charge in [-0.05, 0) is 25.2 Å². The second-order valence-electron chi connectivity index (χ2n) is 5.56. The van der Waals surface area contributed by atoms with E-state index in [2.05, 4.69) is 17.6 Å². The van der Waals surface area contributed by atoms with Gasteiger partial charge < -0.3 is 15.5 Å². The maximum atomic E-state index is 11.3. The number of rotatable bonds is 5. The van der Waals surface area contributed by atoms with E-state index < -0.39 is 0 Å². The summed E-state index contributed by atoms with van der Waals surface area (Å²) in [7, 11) is 3.53. The molecule has 18 heavy (non-hydrogen) atoms. The van der Waals surface area contributed by atoms with E-state index in [-0.39, 0.29) is 6.03 Å². The summed E-state index contributed by atoms with van der Waals surface area (Å²) < 4.78 is 0. The Bertz CT molecular complexity index is 243. The molecule has 0 aromatic heterocycles. The van der Waals surface area contributed by atoms with Crippen LogP contribution in [-0.4, -0.2) is 44.2 Å². The second-order valence-corrected chi connectivity index (χ2v) is 5.56. The number of nitrogens with one attached hydrogen (secondary N) is 2. The molecule has 1 aliphatic carbocycles. The number of carbonyl (C=O) groups excluding carboxylic acids is 1. The molecule has 0 bridgehead atoms. The highest BCUT2D eigenvalue weighted by Gasteiger charge is 2.16. The number of carbonyl (C=O) groups is 1. The van der Waals surface area contributed by atoms with Crippen LogP contribution in [0.5, 0.6) is 0 Å². The van der Waals surface area contributed by atoms with Gasteiger partial charge in [0, 0.05) is 33.2 Å². The first-order valence-corrected chi connectivity index (χ1v) is 7.32. The van der Waals surface area contributed by atoms with Crippen LogP contribution in [0.25, 0.3) is 0 Å². The van der Waals surface area contributed by atoms with Crippen LogP contribution < -0.4 is 10.6 Å². The van der Waals surface area contributed by atoms with Crippen molar-refractivity contribution in [3.05, 3.63) is 0 Å². The fraction of sp³-hybridized carbons (Fsp3) is 0.929. The Morgan fingerprint density at radius 3 is 2.61 bits per heavy atom. The summed E-state index contributed by atoms with van der Waals surface area (Å²) in [5.41, 5.74) is 0. The van der Waals surface area contributed by atoms with Gasteiger partial charge in [0.15, 0.2) is 0 Å². The second kappa shape index (κ2) is 8.35. The van der Waals surface area contributed by atoms with Gasteiger partial charge in [-0.1, -0.05) is 26.2 Å². The summed E-state index contributed by atoms with van der Waals surface area (Å²) >= 11 is 0. The zero-order valence-electron chi connectivity index (χ0n) is 12.2. The molecule has 0 saturated heterocycles. The number of nitrogens with zero attached hydrogens (tertiary/aromatic N) is 1. The molecule has 0 aromatic rings. The SMILES string of the molecule is CCC1CCCC(NCCNC(=O)N(C)C)CC1. The molecule has 1 fully saturated rings. The highest BCUT2D eigenvalue weighted by molar-refractivity contribution is 5.73. The summed E-state index contributed by atoms with van der Waals surface area (Å²) in [6, 6.07) is 0.640. The van der Waals surface area contributed by atoms with E-state index in [1.54, 1.807) is 19.0 Å². The normalized spacial score (nSPS) is 24.4. The molecule has 0 radical (unpaired) electrons.